The van der Waals surface area contributed by atoms with Crippen molar-refractivity contribution in [2.45, 2.75) is 42.8 Å². The second-order valence-corrected chi connectivity index (χ2v) is 10.3. The highest BCUT2D eigenvalue weighted by atomic mass is 32.2. The van der Waals surface area contributed by atoms with Crippen molar-refractivity contribution in [3.63, 3.8) is 0 Å². The molecule has 0 radical (unpaired) electrons. The predicted molar refractivity (Wildman–Crippen MR) is 135 cm³/mol. The van der Waals surface area contributed by atoms with Gasteiger partial charge in [-0.3, -0.25) is 9.36 Å². The Labute approximate surface area is 209 Å². The molecule has 2 atom stereocenters. The number of anilines is 1. The molecule has 1 amide bonds. The minimum Gasteiger partial charge on any atom is -0.376 e. The van der Waals surface area contributed by atoms with E-state index in [2.05, 4.69) is 27.2 Å². The standard InChI is InChI=1S/C26H30FN5O2S/c1-19(25(33)31-15-13-30(14-16-31)22-6-3-2-4-7-22)35-26-29-28-24(20-9-11-21(27)12-10-20)32(26)18-23-8-5-17-34-23/h2-4,6-7,9-12,19,23H,5,8,13-18H2,1H3. The molecule has 35 heavy (non-hydrogen) atoms. The summed E-state index contributed by atoms with van der Waals surface area (Å²) in [6, 6.07) is 16.6. The average Bonchev–Trinajstić information content (AvgIpc) is 3.55. The largest absolute Gasteiger partial charge is 0.376 e. The number of thioether (sulfide) groups is 1. The van der Waals surface area contributed by atoms with Crippen molar-refractivity contribution in [2.24, 2.45) is 0 Å². The second kappa shape index (κ2) is 10.8. The van der Waals surface area contributed by atoms with E-state index in [1.54, 1.807) is 12.1 Å². The van der Waals surface area contributed by atoms with Gasteiger partial charge in [0.1, 0.15) is 5.82 Å². The Morgan fingerprint density at radius 2 is 1.83 bits per heavy atom. The first-order valence-corrected chi connectivity index (χ1v) is 13.0. The van der Waals surface area contributed by atoms with Gasteiger partial charge in [-0.05, 0) is 56.2 Å². The Balaban J connectivity index is 1.28. The van der Waals surface area contributed by atoms with Gasteiger partial charge in [-0.2, -0.15) is 0 Å². The number of benzene rings is 2. The molecule has 0 spiro atoms. The first-order chi connectivity index (χ1) is 17.1. The molecule has 0 bridgehead atoms. The molecule has 2 aromatic carbocycles. The SMILES string of the molecule is CC(Sc1nnc(-c2ccc(F)cc2)n1CC1CCCO1)C(=O)N1CCN(c2ccccc2)CC1. The van der Waals surface area contributed by atoms with E-state index in [1.807, 2.05) is 34.6 Å². The molecule has 0 saturated carbocycles. The van der Waals surface area contributed by atoms with E-state index >= 15 is 0 Å². The van der Waals surface area contributed by atoms with E-state index in [9.17, 15) is 9.18 Å². The molecular formula is C26H30FN5O2S. The zero-order valence-electron chi connectivity index (χ0n) is 19.8. The van der Waals surface area contributed by atoms with Crippen molar-refractivity contribution in [3.05, 3.63) is 60.4 Å². The molecule has 0 N–H and O–H groups in total. The van der Waals surface area contributed by atoms with Gasteiger partial charge < -0.3 is 14.5 Å². The normalized spacial score (nSPS) is 19.2. The number of amides is 1. The van der Waals surface area contributed by atoms with Crippen LogP contribution in [-0.2, 0) is 16.1 Å². The molecular weight excluding hydrogens is 465 g/mol. The van der Waals surface area contributed by atoms with Gasteiger partial charge in [0.15, 0.2) is 11.0 Å². The number of halogens is 1. The third-order valence-electron chi connectivity index (χ3n) is 6.57. The molecule has 2 aliphatic rings. The third-order valence-corrected chi connectivity index (χ3v) is 7.64. The van der Waals surface area contributed by atoms with E-state index in [-0.39, 0.29) is 23.1 Å². The van der Waals surface area contributed by atoms with Crippen LogP contribution in [0.2, 0.25) is 0 Å². The Morgan fingerprint density at radius 1 is 1.09 bits per heavy atom. The topological polar surface area (TPSA) is 63.5 Å². The molecule has 184 valence electrons. The fourth-order valence-electron chi connectivity index (χ4n) is 4.63. The van der Waals surface area contributed by atoms with Crippen LogP contribution in [0.5, 0.6) is 0 Å². The van der Waals surface area contributed by atoms with Gasteiger partial charge in [0.2, 0.25) is 5.91 Å². The van der Waals surface area contributed by atoms with Crippen molar-refractivity contribution >= 4 is 23.4 Å². The average molecular weight is 496 g/mol. The molecule has 3 aromatic rings. The number of carbonyl (C=O) groups excluding carboxylic acids is 1. The van der Waals surface area contributed by atoms with Crippen LogP contribution >= 0.6 is 11.8 Å². The van der Waals surface area contributed by atoms with E-state index in [1.165, 1.54) is 29.6 Å². The van der Waals surface area contributed by atoms with Crippen LogP contribution < -0.4 is 4.90 Å². The van der Waals surface area contributed by atoms with Crippen LogP contribution in [0.4, 0.5) is 10.1 Å². The van der Waals surface area contributed by atoms with Crippen LogP contribution in [0.1, 0.15) is 19.8 Å². The van der Waals surface area contributed by atoms with E-state index in [0.29, 0.717) is 30.6 Å². The number of nitrogens with zero attached hydrogens (tertiary/aromatic N) is 5. The van der Waals surface area contributed by atoms with Crippen molar-refractivity contribution in [3.8, 4) is 11.4 Å². The molecule has 3 heterocycles. The lowest BCUT2D eigenvalue weighted by Crippen LogP contribution is -2.50. The van der Waals surface area contributed by atoms with Gasteiger partial charge >= 0.3 is 0 Å². The number of carbonyl (C=O) groups is 1. The zero-order valence-corrected chi connectivity index (χ0v) is 20.7. The lowest BCUT2D eigenvalue weighted by Gasteiger charge is -2.37. The molecule has 0 aliphatic carbocycles. The Hall–Kier alpha value is -2.91. The fraction of sp³-hybridized carbons (Fsp3) is 0.423. The van der Waals surface area contributed by atoms with Crippen LogP contribution in [0.3, 0.4) is 0 Å². The minimum absolute atomic E-state index is 0.0848. The number of hydrogen-bond donors (Lipinski definition) is 0. The third kappa shape index (κ3) is 5.51. The molecule has 2 saturated heterocycles. The highest BCUT2D eigenvalue weighted by Crippen LogP contribution is 2.30. The first kappa shape index (κ1) is 23.8. The second-order valence-electron chi connectivity index (χ2n) is 8.97. The number of piperazine rings is 1. The number of hydrogen-bond acceptors (Lipinski definition) is 6. The molecule has 2 fully saturated rings. The van der Waals surface area contributed by atoms with Crippen molar-refractivity contribution < 1.29 is 13.9 Å². The van der Waals surface area contributed by atoms with E-state index in [0.717, 1.165) is 38.1 Å². The minimum atomic E-state index is -0.299. The molecule has 2 unspecified atom stereocenters. The summed E-state index contributed by atoms with van der Waals surface area (Å²) in [5.74, 6) is 0.483. The Bertz CT molecular complexity index is 1130. The lowest BCUT2D eigenvalue weighted by atomic mass is 10.2. The monoisotopic (exact) mass is 495 g/mol. The summed E-state index contributed by atoms with van der Waals surface area (Å²) in [5.41, 5.74) is 1.98. The van der Waals surface area contributed by atoms with Gasteiger partial charge in [0.25, 0.3) is 0 Å². The number of aromatic nitrogens is 3. The summed E-state index contributed by atoms with van der Waals surface area (Å²) >= 11 is 1.43. The summed E-state index contributed by atoms with van der Waals surface area (Å²) in [6.45, 7) is 6.32. The van der Waals surface area contributed by atoms with Crippen LogP contribution in [0, 0.1) is 5.82 Å². The molecule has 7 nitrogen and oxygen atoms in total. The molecule has 2 aliphatic heterocycles. The van der Waals surface area contributed by atoms with Gasteiger partial charge in [-0.1, -0.05) is 30.0 Å². The quantitative estimate of drug-likeness (QED) is 0.460. The van der Waals surface area contributed by atoms with Crippen molar-refractivity contribution in [1.82, 2.24) is 19.7 Å². The maximum atomic E-state index is 13.5. The summed E-state index contributed by atoms with van der Waals surface area (Å²) in [7, 11) is 0. The van der Waals surface area contributed by atoms with Gasteiger partial charge in [0.05, 0.1) is 17.9 Å². The predicted octanol–water partition coefficient (Wildman–Crippen LogP) is 4.09. The van der Waals surface area contributed by atoms with Gasteiger partial charge in [-0.15, -0.1) is 10.2 Å². The van der Waals surface area contributed by atoms with E-state index in [4.69, 9.17) is 4.74 Å². The molecule has 5 rings (SSSR count). The van der Waals surface area contributed by atoms with Gasteiger partial charge in [0, 0.05) is 44.0 Å². The molecule has 1 aromatic heterocycles. The fourth-order valence-corrected chi connectivity index (χ4v) is 5.58. The number of ether oxygens (including phenoxy) is 1. The smallest absolute Gasteiger partial charge is 0.236 e. The first-order valence-electron chi connectivity index (χ1n) is 12.1. The van der Waals surface area contributed by atoms with Crippen LogP contribution in [0.15, 0.2) is 59.8 Å². The summed E-state index contributed by atoms with van der Waals surface area (Å²) in [6.07, 6.45) is 2.10. The number of para-hydroxylation sites is 1. The van der Waals surface area contributed by atoms with Crippen molar-refractivity contribution in [1.29, 1.82) is 0 Å². The summed E-state index contributed by atoms with van der Waals surface area (Å²) < 4.78 is 21.4. The zero-order chi connectivity index (χ0) is 24.2. The molecule has 9 heteroatoms. The maximum absolute atomic E-state index is 13.5. The highest BCUT2D eigenvalue weighted by molar-refractivity contribution is 8.00. The van der Waals surface area contributed by atoms with Crippen molar-refractivity contribution in [2.75, 3.05) is 37.7 Å². The van der Waals surface area contributed by atoms with Crippen LogP contribution in [0.25, 0.3) is 11.4 Å². The lowest BCUT2D eigenvalue weighted by molar-refractivity contribution is -0.130. The maximum Gasteiger partial charge on any atom is 0.236 e. The van der Waals surface area contributed by atoms with Crippen LogP contribution in [-0.4, -0.2) is 69.7 Å². The van der Waals surface area contributed by atoms with E-state index < -0.39 is 0 Å². The Morgan fingerprint density at radius 3 is 2.51 bits per heavy atom. The number of rotatable bonds is 7. The highest BCUT2D eigenvalue weighted by Gasteiger charge is 2.28. The Kier molecular flexibility index (Phi) is 7.34. The summed E-state index contributed by atoms with van der Waals surface area (Å²) in [4.78, 5) is 17.5. The summed E-state index contributed by atoms with van der Waals surface area (Å²) in [5, 5.41) is 9.22. The van der Waals surface area contributed by atoms with Gasteiger partial charge in [-0.25, -0.2) is 4.39 Å².